The number of nitrogens with zero attached hydrogens (tertiary/aromatic N) is 5. The van der Waals surface area contributed by atoms with Gasteiger partial charge in [0.15, 0.2) is 5.52 Å². The van der Waals surface area contributed by atoms with Crippen molar-refractivity contribution in [3.8, 4) is 11.5 Å². The monoisotopic (exact) mass is 806 g/mol. The van der Waals surface area contributed by atoms with Crippen LogP contribution in [0.2, 0.25) is 5.02 Å². The minimum absolute atomic E-state index is 0.000936. The summed E-state index contributed by atoms with van der Waals surface area (Å²) in [5.41, 5.74) is 5.63. The van der Waals surface area contributed by atoms with Gasteiger partial charge < -0.3 is 14.6 Å². The molecule has 3 aromatic heterocycles. The number of anilines is 1. The number of piperazine rings is 1. The first-order valence-corrected chi connectivity index (χ1v) is 20.8. The number of aromatic amines is 2. The van der Waals surface area contributed by atoms with Crippen LogP contribution in [-0.4, -0.2) is 77.0 Å². The molecule has 57 heavy (non-hydrogen) atoms. The predicted octanol–water partition coefficient (Wildman–Crippen LogP) is 7.84. The molecule has 1 spiro atoms. The van der Waals surface area contributed by atoms with Gasteiger partial charge in [-0.05, 0) is 91.1 Å². The number of hydrogen-bond acceptors (Lipinski definition) is 10. The molecule has 1 saturated carbocycles. The molecule has 0 radical (unpaired) electrons. The van der Waals surface area contributed by atoms with Crippen LogP contribution in [0, 0.1) is 15.5 Å². The van der Waals surface area contributed by atoms with Gasteiger partial charge in [0.2, 0.25) is 0 Å². The standard InChI is InChI=1S/C41H39ClN8O6S/c42-30-4-2-26(3-5-30)35-22-41(10-1-11-41)12-8-28(35)25-48-14-16-49(17-15-48)31-6-7-34(37(20-31)56-32-18-27-9-13-43-39(27)44-24-32)40(51)47-57(54,55)33-19-29-23-45-46-38(29)36(21-33)50(52)53/h2-7,9,13,18-21,23-24H,1,8,10-12,14-17,22,25H2,(H,43,44)(H,45,46)(H,47,51). The number of halogens is 1. The highest BCUT2D eigenvalue weighted by molar-refractivity contribution is 7.90. The second-order valence-electron chi connectivity index (χ2n) is 15.2. The van der Waals surface area contributed by atoms with Crippen LogP contribution >= 0.6 is 11.6 Å². The quantitative estimate of drug-likeness (QED) is 0.0912. The van der Waals surface area contributed by atoms with E-state index in [0.29, 0.717) is 16.8 Å². The zero-order valence-corrected chi connectivity index (χ0v) is 32.4. The highest BCUT2D eigenvalue weighted by atomic mass is 35.5. The van der Waals surface area contributed by atoms with Crippen LogP contribution in [0.4, 0.5) is 11.4 Å². The third-order valence-corrected chi connectivity index (χ3v) is 13.3. The number of benzene rings is 3. The van der Waals surface area contributed by atoms with Crippen LogP contribution in [0.25, 0.3) is 27.5 Å². The molecular formula is C41H39ClN8O6S. The second kappa shape index (κ2) is 14.6. The third-order valence-electron chi connectivity index (χ3n) is 11.7. The molecule has 1 saturated heterocycles. The number of carbonyl (C=O) groups excluding carboxylic acids is 1. The van der Waals surface area contributed by atoms with Crippen molar-refractivity contribution in [2.45, 2.75) is 43.4 Å². The number of sulfonamides is 1. The summed E-state index contributed by atoms with van der Waals surface area (Å²) in [6.07, 6.45) is 12.0. The van der Waals surface area contributed by atoms with Crippen molar-refractivity contribution < 1.29 is 22.9 Å². The number of carbonyl (C=O) groups is 1. The second-order valence-corrected chi connectivity index (χ2v) is 17.3. The molecule has 292 valence electrons. The minimum Gasteiger partial charge on any atom is -0.455 e. The molecule has 9 rings (SSSR count). The van der Waals surface area contributed by atoms with Crippen molar-refractivity contribution in [3.63, 3.8) is 0 Å². The first-order valence-electron chi connectivity index (χ1n) is 18.9. The molecule has 14 nitrogen and oxygen atoms in total. The van der Waals surface area contributed by atoms with E-state index in [1.807, 2.05) is 18.2 Å². The molecule has 6 aromatic rings. The van der Waals surface area contributed by atoms with Gasteiger partial charge in [0.25, 0.3) is 21.6 Å². The van der Waals surface area contributed by atoms with Crippen LogP contribution in [0.5, 0.6) is 11.5 Å². The molecular weight excluding hydrogens is 768 g/mol. The summed E-state index contributed by atoms with van der Waals surface area (Å²) in [7, 11) is -4.56. The summed E-state index contributed by atoms with van der Waals surface area (Å²) in [6, 6.07) is 19.0. The van der Waals surface area contributed by atoms with E-state index in [1.54, 1.807) is 24.4 Å². The maximum atomic E-state index is 13.8. The van der Waals surface area contributed by atoms with Crippen molar-refractivity contribution in [3.05, 3.63) is 117 Å². The van der Waals surface area contributed by atoms with Crippen molar-refractivity contribution in [2.24, 2.45) is 5.41 Å². The Morgan fingerprint density at radius 3 is 2.56 bits per heavy atom. The number of allylic oxidation sites excluding steroid dienone is 1. The Morgan fingerprint density at radius 1 is 1.00 bits per heavy atom. The summed E-state index contributed by atoms with van der Waals surface area (Å²) in [6.45, 7) is 4.05. The molecule has 2 aliphatic carbocycles. The highest BCUT2D eigenvalue weighted by Crippen LogP contribution is 2.55. The maximum absolute atomic E-state index is 13.8. The zero-order valence-electron chi connectivity index (χ0n) is 30.8. The van der Waals surface area contributed by atoms with Crippen LogP contribution in [0.3, 0.4) is 0 Å². The lowest BCUT2D eigenvalue weighted by Crippen LogP contribution is -2.47. The molecule has 0 atom stereocenters. The first kappa shape index (κ1) is 36.8. The fourth-order valence-corrected chi connectivity index (χ4v) is 9.60. The summed E-state index contributed by atoms with van der Waals surface area (Å²) in [5, 5.41) is 19.8. The Hall–Kier alpha value is -5.77. The van der Waals surface area contributed by atoms with Gasteiger partial charge in [-0.1, -0.05) is 35.7 Å². The molecule has 1 aliphatic heterocycles. The Kier molecular flexibility index (Phi) is 9.45. The Balaban J connectivity index is 0.959. The predicted molar refractivity (Wildman–Crippen MR) is 217 cm³/mol. The fourth-order valence-electron chi connectivity index (χ4n) is 8.45. The van der Waals surface area contributed by atoms with Crippen LogP contribution in [-0.2, 0) is 10.0 Å². The van der Waals surface area contributed by atoms with Crippen molar-refractivity contribution >= 4 is 66.4 Å². The molecule has 3 aromatic carbocycles. The summed E-state index contributed by atoms with van der Waals surface area (Å²) in [5.74, 6) is -0.490. The van der Waals surface area contributed by atoms with E-state index < -0.39 is 31.4 Å². The average molecular weight is 807 g/mol. The molecule has 3 N–H and O–H groups in total. The number of rotatable bonds is 10. The largest absolute Gasteiger partial charge is 0.455 e. The molecule has 0 bridgehead atoms. The number of amides is 1. The number of H-pyrrole nitrogens is 2. The van der Waals surface area contributed by atoms with Gasteiger partial charge >= 0.3 is 0 Å². The van der Waals surface area contributed by atoms with Crippen molar-refractivity contribution in [1.82, 2.24) is 29.8 Å². The topological polar surface area (TPSA) is 179 Å². The maximum Gasteiger partial charge on any atom is 0.298 e. The van der Waals surface area contributed by atoms with Crippen molar-refractivity contribution in [2.75, 3.05) is 37.6 Å². The van der Waals surface area contributed by atoms with E-state index in [9.17, 15) is 23.3 Å². The number of nitrogens with one attached hydrogen (secondary N) is 3. The van der Waals surface area contributed by atoms with E-state index in [1.165, 1.54) is 66.9 Å². The molecule has 2 fully saturated rings. The summed E-state index contributed by atoms with van der Waals surface area (Å²) < 4.78 is 35.4. The number of fused-ring (bicyclic) bond motifs is 2. The Bertz CT molecular complexity index is 2680. The van der Waals surface area contributed by atoms with Gasteiger partial charge in [0.1, 0.15) is 17.1 Å². The average Bonchev–Trinajstić information content (AvgIpc) is 3.87. The van der Waals surface area contributed by atoms with E-state index in [2.05, 4.69) is 46.8 Å². The number of ether oxygens (including phenoxy) is 1. The lowest BCUT2D eigenvalue weighted by molar-refractivity contribution is -0.383. The van der Waals surface area contributed by atoms with Crippen LogP contribution in [0.1, 0.15) is 54.4 Å². The number of hydrogen-bond donors (Lipinski definition) is 3. The summed E-state index contributed by atoms with van der Waals surface area (Å²) >= 11 is 6.26. The van der Waals surface area contributed by atoms with Crippen LogP contribution < -0.4 is 14.4 Å². The minimum atomic E-state index is -4.56. The number of nitro benzene ring substituents is 1. The smallest absolute Gasteiger partial charge is 0.298 e. The number of aromatic nitrogens is 4. The first-order chi connectivity index (χ1) is 27.5. The van der Waals surface area contributed by atoms with E-state index in [0.717, 1.165) is 67.7 Å². The summed E-state index contributed by atoms with van der Waals surface area (Å²) in [4.78, 5) is 36.5. The van der Waals surface area contributed by atoms with Gasteiger partial charge in [0, 0.05) is 78.7 Å². The van der Waals surface area contributed by atoms with Gasteiger partial charge in [-0.2, -0.15) is 5.10 Å². The Morgan fingerprint density at radius 2 is 1.81 bits per heavy atom. The molecule has 0 unspecified atom stereocenters. The van der Waals surface area contributed by atoms with Gasteiger partial charge in [-0.15, -0.1) is 0 Å². The molecule has 16 heteroatoms. The highest BCUT2D eigenvalue weighted by Gasteiger charge is 2.41. The zero-order chi connectivity index (χ0) is 39.3. The van der Waals surface area contributed by atoms with Gasteiger partial charge in [-0.3, -0.25) is 24.9 Å². The van der Waals surface area contributed by atoms with E-state index in [-0.39, 0.29) is 22.2 Å². The normalized spacial score (nSPS) is 17.2. The number of pyridine rings is 1. The lowest BCUT2D eigenvalue weighted by atomic mass is 9.59. The van der Waals surface area contributed by atoms with Crippen molar-refractivity contribution in [1.29, 1.82) is 0 Å². The lowest BCUT2D eigenvalue weighted by Gasteiger charge is -2.47. The SMILES string of the molecule is O=C(NS(=O)(=O)c1cc([N+](=O)[O-])c2n[nH]cc2c1)c1ccc(N2CCN(CC3=C(c4ccc(Cl)cc4)CC4(CCC4)CC3)CC2)cc1Oc1cnc2[nH]ccc2c1. The molecule has 4 heterocycles. The third kappa shape index (κ3) is 7.33. The van der Waals surface area contributed by atoms with Crippen LogP contribution in [0.15, 0.2) is 95.8 Å². The number of nitro groups is 1. The van der Waals surface area contributed by atoms with E-state index in [4.69, 9.17) is 16.3 Å². The van der Waals surface area contributed by atoms with Gasteiger partial charge in [0.05, 0.1) is 21.6 Å². The van der Waals surface area contributed by atoms with E-state index >= 15 is 0 Å². The molecule has 1 amide bonds. The fraction of sp³-hybridized carbons (Fsp3) is 0.293. The Labute approximate surface area is 333 Å². The molecule has 3 aliphatic rings. The van der Waals surface area contributed by atoms with Gasteiger partial charge in [-0.25, -0.2) is 18.1 Å². The number of non-ortho nitro benzene ring substituents is 1.